The van der Waals surface area contributed by atoms with Crippen LogP contribution in [-0.2, 0) is 37.3 Å². The fourth-order valence-corrected chi connectivity index (χ4v) is 3.88. The van der Waals surface area contributed by atoms with Gasteiger partial charge in [0.2, 0.25) is 0 Å². The lowest BCUT2D eigenvalue weighted by atomic mass is 10.2. The van der Waals surface area contributed by atoms with Crippen LogP contribution in [0.3, 0.4) is 0 Å². The molecule has 5 atom stereocenters. The molecule has 1 aromatic heterocycles. The van der Waals surface area contributed by atoms with Crippen LogP contribution in [0.15, 0.2) is 21.1 Å². The highest BCUT2D eigenvalue weighted by atomic mass is 31.2. The number of phosphoric acid groups is 1. The summed E-state index contributed by atoms with van der Waals surface area (Å²) in [4.78, 5) is 57.1. The fourth-order valence-electron chi connectivity index (χ4n) is 2.64. The van der Waals surface area contributed by atoms with Gasteiger partial charge in [0.1, 0.15) is 35.8 Å². The van der Waals surface area contributed by atoms with Crippen molar-refractivity contribution in [3.05, 3.63) is 43.0 Å². The van der Waals surface area contributed by atoms with Gasteiger partial charge < -0.3 is 30.1 Å². The lowest BCUT2D eigenvalue weighted by Crippen LogP contribution is -2.34. The van der Waals surface area contributed by atoms with Crippen LogP contribution < -0.4 is 22.7 Å². The molecule has 1 aliphatic rings. The molecule has 1 fully saturated rings. The Morgan fingerprint density at radius 3 is 2.44 bits per heavy atom. The van der Waals surface area contributed by atoms with Crippen LogP contribution in [0.1, 0.15) is 32.1 Å². The molecule has 17 nitrogen and oxygen atoms in total. The number of azide groups is 1. The minimum atomic E-state index is -4.87. The zero-order chi connectivity index (χ0) is 25.6. The maximum Gasteiger partial charge on any atom is 0.592 e. The molecule has 2 heterocycles. The van der Waals surface area contributed by atoms with Gasteiger partial charge in [-0.15, -0.1) is 0 Å². The van der Waals surface area contributed by atoms with Crippen molar-refractivity contribution in [2.75, 3.05) is 6.61 Å². The second kappa shape index (κ2) is 11.3. The summed E-state index contributed by atoms with van der Waals surface area (Å²) in [6.45, 7) is 3.26. The van der Waals surface area contributed by atoms with Gasteiger partial charge in [-0.3, -0.25) is 18.9 Å². The SMILES string of the molecule is Cc1cn([C@H]2CC(ON=[N+]=[N-])[C@@H](COP(=O)(OC(=O)[C@H](C)N)OC(=O)[C@H](C)N)O2)c(=O)[nH]c1=O. The number of ether oxygens (including phenoxy) is 1. The largest absolute Gasteiger partial charge is 0.592 e. The monoisotopic (exact) mass is 505 g/mol. The molecule has 1 saturated heterocycles. The van der Waals surface area contributed by atoms with E-state index in [1.165, 1.54) is 27.0 Å². The molecule has 0 radical (unpaired) electrons. The molecule has 188 valence electrons. The number of aryl methyl sites for hydroxylation is 1. The Morgan fingerprint density at radius 1 is 1.32 bits per heavy atom. The first kappa shape index (κ1) is 27.0. The van der Waals surface area contributed by atoms with Gasteiger partial charge in [-0.1, -0.05) is 0 Å². The Kier molecular flexibility index (Phi) is 8.98. The van der Waals surface area contributed by atoms with E-state index in [0.717, 1.165) is 4.57 Å². The second-order valence-electron chi connectivity index (χ2n) is 7.30. The number of hydrogen-bond donors (Lipinski definition) is 3. The summed E-state index contributed by atoms with van der Waals surface area (Å²) in [5, 5.41) is 3.00. The molecule has 18 heteroatoms. The molecular weight excluding hydrogens is 481 g/mol. The molecule has 1 aromatic rings. The number of carbonyl (C=O) groups excluding carboxylic acids is 2. The Hall–Kier alpha value is -3.20. The smallest absolute Gasteiger partial charge is 0.427 e. The highest BCUT2D eigenvalue weighted by Gasteiger charge is 2.43. The lowest BCUT2D eigenvalue weighted by Gasteiger charge is -2.22. The predicted octanol–water partition coefficient (Wildman–Crippen LogP) is -0.351. The minimum Gasteiger partial charge on any atom is -0.427 e. The molecule has 1 aliphatic heterocycles. The van der Waals surface area contributed by atoms with Gasteiger partial charge in [0.25, 0.3) is 5.56 Å². The summed E-state index contributed by atoms with van der Waals surface area (Å²) in [5.74, 6) is -2.38. The van der Waals surface area contributed by atoms with Crippen molar-refractivity contribution in [3.63, 3.8) is 0 Å². The van der Waals surface area contributed by atoms with Crippen LogP contribution in [0.2, 0.25) is 0 Å². The summed E-state index contributed by atoms with van der Waals surface area (Å²) in [6, 6.07) is -2.45. The second-order valence-corrected chi connectivity index (χ2v) is 8.82. The van der Waals surface area contributed by atoms with Gasteiger partial charge in [-0.05, 0) is 26.3 Å². The van der Waals surface area contributed by atoms with Gasteiger partial charge in [0.15, 0.2) is 0 Å². The Labute approximate surface area is 191 Å². The fraction of sp³-hybridized carbons (Fsp3) is 0.625. The van der Waals surface area contributed by atoms with Crippen molar-refractivity contribution in [2.45, 2.75) is 57.7 Å². The summed E-state index contributed by atoms with van der Waals surface area (Å²) in [6.07, 6.45) is -2.04. The van der Waals surface area contributed by atoms with Crippen molar-refractivity contribution in [2.24, 2.45) is 16.7 Å². The molecule has 1 unspecified atom stereocenters. The number of nitrogens with two attached hydrogens (primary N) is 2. The highest BCUT2D eigenvalue weighted by Crippen LogP contribution is 2.51. The lowest BCUT2D eigenvalue weighted by molar-refractivity contribution is -0.143. The third-order valence-electron chi connectivity index (χ3n) is 4.40. The van der Waals surface area contributed by atoms with E-state index in [0.29, 0.717) is 0 Å². The van der Waals surface area contributed by atoms with Crippen molar-refractivity contribution < 1.29 is 37.3 Å². The predicted molar refractivity (Wildman–Crippen MR) is 112 cm³/mol. The number of nitrogens with one attached hydrogen (secondary N) is 1. The number of hydrogen-bond acceptors (Lipinski definition) is 13. The maximum atomic E-state index is 12.9. The van der Waals surface area contributed by atoms with Crippen molar-refractivity contribution in [3.8, 4) is 0 Å². The average Bonchev–Trinajstić information content (AvgIpc) is 3.15. The standard InChI is InChI=1S/C16H24N7O10P/c1-7-5-23(16(27)20-13(7)24)12-4-10(31-22-21-19)11(30-12)6-29-34(28,32-14(25)8(2)17)33-15(26)9(3)18/h5,8-12H,4,6,17-18H2,1-3H3,(H,20,24,27)/t8-,9-,10?,11+,12+/m0/s1. The Balaban J connectivity index is 2.26. The number of aromatic amines is 1. The van der Waals surface area contributed by atoms with E-state index in [1.807, 2.05) is 0 Å². The molecule has 0 amide bonds. The molecular formula is C16H24N7O10P. The number of phosphoric ester groups is 1. The first-order chi connectivity index (χ1) is 15.9. The summed E-state index contributed by atoms with van der Waals surface area (Å²) in [5.41, 5.74) is 18.2. The average molecular weight is 505 g/mol. The van der Waals surface area contributed by atoms with Crippen LogP contribution >= 0.6 is 7.82 Å². The van der Waals surface area contributed by atoms with E-state index in [-0.39, 0.29) is 12.0 Å². The van der Waals surface area contributed by atoms with E-state index in [4.69, 9.17) is 31.1 Å². The summed E-state index contributed by atoms with van der Waals surface area (Å²) < 4.78 is 34.1. The zero-order valence-electron chi connectivity index (χ0n) is 18.4. The molecule has 2 rings (SSSR count). The van der Waals surface area contributed by atoms with Gasteiger partial charge in [-0.25, -0.2) is 18.9 Å². The van der Waals surface area contributed by atoms with Crippen LogP contribution in [0, 0.1) is 6.92 Å². The molecule has 0 saturated carbocycles. The van der Waals surface area contributed by atoms with E-state index in [1.54, 1.807) is 0 Å². The normalized spacial score (nSPS) is 21.7. The minimum absolute atomic E-state index is 0.0675. The number of aromatic nitrogens is 2. The van der Waals surface area contributed by atoms with Crippen molar-refractivity contribution in [1.82, 2.24) is 9.55 Å². The third kappa shape index (κ3) is 6.90. The molecule has 5 N–H and O–H groups in total. The number of rotatable bonds is 10. The van der Waals surface area contributed by atoms with E-state index < -0.39 is 68.1 Å². The van der Waals surface area contributed by atoms with E-state index in [9.17, 15) is 23.7 Å². The van der Waals surface area contributed by atoms with Gasteiger partial charge >= 0.3 is 25.5 Å². The Bertz CT molecular complexity index is 1100. The third-order valence-corrected chi connectivity index (χ3v) is 5.67. The molecule has 0 bridgehead atoms. The van der Waals surface area contributed by atoms with Crippen molar-refractivity contribution >= 4 is 19.8 Å². The molecule has 0 aromatic carbocycles. The van der Waals surface area contributed by atoms with Crippen molar-refractivity contribution in [1.29, 1.82) is 0 Å². The highest BCUT2D eigenvalue weighted by molar-refractivity contribution is 7.49. The van der Waals surface area contributed by atoms with Crippen LogP contribution in [0.4, 0.5) is 0 Å². The maximum absolute atomic E-state index is 12.9. The number of H-pyrrole nitrogens is 1. The van der Waals surface area contributed by atoms with Gasteiger partial charge in [0, 0.05) is 23.1 Å². The van der Waals surface area contributed by atoms with Gasteiger partial charge in [0.05, 0.1) is 6.61 Å². The first-order valence-electron chi connectivity index (χ1n) is 9.77. The molecule has 34 heavy (non-hydrogen) atoms. The van der Waals surface area contributed by atoms with Crippen LogP contribution in [0.25, 0.3) is 10.4 Å². The van der Waals surface area contributed by atoms with Gasteiger partial charge in [-0.2, -0.15) is 0 Å². The molecule has 0 aliphatic carbocycles. The summed E-state index contributed by atoms with van der Waals surface area (Å²) in [7, 11) is -4.87. The first-order valence-corrected chi connectivity index (χ1v) is 11.2. The zero-order valence-corrected chi connectivity index (χ0v) is 19.2. The summed E-state index contributed by atoms with van der Waals surface area (Å²) >= 11 is 0. The van der Waals surface area contributed by atoms with E-state index >= 15 is 0 Å². The quantitative estimate of drug-likeness (QED) is 0.121. The Morgan fingerprint density at radius 2 is 1.91 bits per heavy atom. The van der Waals surface area contributed by atoms with Crippen LogP contribution in [0.5, 0.6) is 0 Å². The molecule has 0 spiro atoms. The number of nitrogens with zero attached hydrogens (tertiary/aromatic N) is 4. The van der Waals surface area contributed by atoms with E-state index in [2.05, 4.69) is 24.2 Å². The topological polar surface area (TPSA) is 253 Å². The van der Waals surface area contributed by atoms with Crippen LogP contribution in [-0.4, -0.2) is 52.4 Å². The number of carbonyl (C=O) groups is 2.